The van der Waals surface area contributed by atoms with Crippen molar-refractivity contribution in [1.29, 1.82) is 0 Å². The van der Waals surface area contributed by atoms with E-state index in [0.29, 0.717) is 13.2 Å². The second-order valence-electron chi connectivity index (χ2n) is 6.34. The largest absolute Gasteiger partial charge is 0.497 e. The van der Waals surface area contributed by atoms with E-state index in [4.69, 9.17) is 18.9 Å². The van der Waals surface area contributed by atoms with Crippen molar-refractivity contribution in [2.24, 2.45) is 0 Å². The fourth-order valence-electron chi connectivity index (χ4n) is 3.33. The van der Waals surface area contributed by atoms with Gasteiger partial charge in [-0.15, -0.1) is 0 Å². The van der Waals surface area contributed by atoms with Gasteiger partial charge in [0.25, 0.3) is 0 Å². The van der Waals surface area contributed by atoms with E-state index in [-0.39, 0.29) is 24.2 Å². The van der Waals surface area contributed by atoms with Gasteiger partial charge in [-0.25, -0.2) is 0 Å². The van der Waals surface area contributed by atoms with E-state index < -0.39 is 0 Å². The van der Waals surface area contributed by atoms with Crippen LogP contribution in [0.15, 0.2) is 24.3 Å². The summed E-state index contributed by atoms with van der Waals surface area (Å²) in [6.07, 6.45) is 0.532. The predicted molar refractivity (Wildman–Crippen MR) is 88.1 cm³/mol. The summed E-state index contributed by atoms with van der Waals surface area (Å²) in [5.41, 5.74) is 1.25. The summed E-state index contributed by atoms with van der Waals surface area (Å²) in [7, 11) is 3.81. The second kappa shape index (κ2) is 7.62. The molecule has 0 radical (unpaired) electrons. The molecule has 0 amide bonds. The lowest BCUT2D eigenvalue weighted by atomic mass is 9.84. The van der Waals surface area contributed by atoms with E-state index in [2.05, 4.69) is 24.1 Å². The summed E-state index contributed by atoms with van der Waals surface area (Å²) < 4.78 is 22.8. The van der Waals surface area contributed by atoms with Gasteiger partial charge < -0.3 is 23.8 Å². The minimum absolute atomic E-state index is 0.114. The van der Waals surface area contributed by atoms with Crippen LogP contribution in [0.5, 0.6) is 5.75 Å². The Morgan fingerprint density at radius 3 is 2.35 bits per heavy atom. The molecule has 0 N–H and O–H groups in total. The van der Waals surface area contributed by atoms with E-state index >= 15 is 0 Å². The van der Waals surface area contributed by atoms with Gasteiger partial charge in [0.1, 0.15) is 11.9 Å². The second-order valence-corrected chi connectivity index (χ2v) is 6.34. The molecule has 5 heteroatoms. The van der Waals surface area contributed by atoms with Crippen molar-refractivity contribution in [2.75, 3.05) is 47.1 Å². The Kier molecular flexibility index (Phi) is 5.54. The molecule has 1 aromatic rings. The van der Waals surface area contributed by atoms with E-state index in [9.17, 15) is 0 Å². The van der Waals surface area contributed by atoms with Crippen LogP contribution in [-0.2, 0) is 14.2 Å². The first-order valence-corrected chi connectivity index (χ1v) is 8.38. The average molecular weight is 321 g/mol. The third-order valence-corrected chi connectivity index (χ3v) is 4.56. The molecule has 0 saturated carbocycles. The van der Waals surface area contributed by atoms with Crippen molar-refractivity contribution in [1.82, 2.24) is 4.90 Å². The molecule has 0 bridgehead atoms. The fourth-order valence-corrected chi connectivity index (χ4v) is 3.33. The van der Waals surface area contributed by atoms with Crippen LogP contribution in [0.25, 0.3) is 0 Å². The Morgan fingerprint density at radius 2 is 1.78 bits per heavy atom. The van der Waals surface area contributed by atoms with Crippen LogP contribution < -0.4 is 4.74 Å². The third kappa shape index (κ3) is 4.23. The van der Waals surface area contributed by atoms with Crippen molar-refractivity contribution < 1.29 is 18.9 Å². The molecule has 0 aromatic heterocycles. The number of epoxide rings is 1. The van der Waals surface area contributed by atoms with Gasteiger partial charge in [-0.2, -0.15) is 0 Å². The molecule has 23 heavy (non-hydrogen) atoms. The third-order valence-electron chi connectivity index (χ3n) is 4.56. The first-order valence-electron chi connectivity index (χ1n) is 8.38. The number of ether oxygens (including phenoxy) is 4. The summed E-state index contributed by atoms with van der Waals surface area (Å²) in [4.78, 5) is 2.29. The number of rotatable bonds is 7. The molecule has 2 aliphatic rings. The van der Waals surface area contributed by atoms with Crippen LogP contribution in [0, 0.1) is 0 Å². The van der Waals surface area contributed by atoms with Crippen molar-refractivity contribution in [3.63, 3.8) is 0 Å². The highest BCUT2D eigenvalue weighted by Crippen LogP contribution is 2.33. The number of piperidine rings is 1. The lowest BCUT2D eigenvalue weighted by Gasteiger charge is -2.42. The summed E-state index contributed by atoms with van der Waals surface area (Å²) in [5, 5.41) is 0. The number of likely N-dealkylation sites (tertiary alicyclic amines) is 1. The Bertz CT molecular complexity index is 488. The highest BCUT2D eigenvalue weighted by atomic mass is 16.6. The van der Waals surface area contributed by atoms with Gasteiger partial charge in [0.2, 0.25) is 0 Å². The molecule has 2 saturated heterocycles. The highest BCUT2D eigenvalue weighted by Gasteiger charge is 2.39. The number of benzene rings is 1. The molecule has 128 valence electrons. The number of hydrogen-bond donors (Lipinski definition) is 0. The van der Waals surface area contributed by atoms with Gasteiger partial charge in [0.05, 0.1) is 32.5 Å². The van der Waals surface area contributed by atoms with E-state index in [1.807, 2.05) is 19.1 Å². The van der Waals surface area contributed by atoms with Crippen LogP contribution in [0.2, 0.25) is 0 Å². The van der Waals surface area contributed by atoms with Crippen LogP contribution in [0.1, 0.15) is 18.4 Å². The zero-order chi connectivity index (χ0) is 16.2. The van der Waals surface area contributed by atoms with Crippen molar-refractivity contribution >= 4 is 0 Å². The average Bonchev–Trinajstić information content (AvgIpc) is 3.37. The molecule has 3 rings (SSSR count). The number of hydrogen-bond acceptors (Lipinski definition) is 5. The Labute approximate surface area is 138 Å². The standard InChI is InChI=1S/C18H27NO4/c1-4-21-16-9-19(2)10-17(23-12-15-11-22-15)18(16)13-5-7-14(20-3)8-6-13/h5-8,15-18H,4,9-12H2,1-3H3/t15?,16?,17?,18-/m1/s1. The topological polar surface area (TPSA) is 43.5 Å². The summed E-state index contributed by atoms with van der Waals surface area (Å²) >= 11 is 0. The SMILES string of the molecule is CCOC1CN(C)CC(OCC2CO2)[C@@H]1c1ccc(OC)cc1. The Morgan fingerprint density at radius 1 is 1.13 bits per heavy atom. The number of methoxy groups -OCH3 is 1. The van der Waals surface area contributed by atoms with Gasteiger partial charge in [-0.1, -0.05) is 12.1 Å². The van der Waals surface area contributed by atoms with Crippen molar-refractivity contribution in [3.05, 3.63) is 29.8 Å². The molecule has 5 nitrogen and oxygen atoms in total. The molecule has 0 spiro atoms. The van der Waals surface area contributed by atoms with Crippen LogP contribution in [0.4, 0.5) is 0 Å². The molecule has 0 aliphatic carbocycles. The maximum atomic E-state index is 6.20. The molecule has 1 aromatic carbocycles. The number of nitrogens with zero attached hydrogens (tertiary/aromatic N) is 1. The van der Waals surface area contributed by atoms with Crippen LogP contribution in [-0.4, -0.2) is 70.3 Å². The lowest BCUT2D eigenvalue weighted by Crippen LogP contribution is -2.51. The molecule has 2 heterocycles. The zero-order valence-electron chi connectivity index (χ0n) is 14.2. The normalized spacial score (nSPS) is 31.1. The van der Waals surface area contributed by atoms with Gasteiger partial charge in [-0.05, 0) is 31.7 Å². The summed E-state index contributed by atoms with van der Waals surface area (Å²) in [6.45, 7) is 6.09. The van der Waals surface area contributed by atoms with Gasteiger partial charge >= 0.3 is 0 Å². The minimum Gasteiger partial charge on any atom is -0.497 e. The molecular formula is C18H27NO4. The monoisotopic (exact) mass is 321 g/mol. The maximum absolute atomic E-state index is 6.20. The highest BCUT2D eigenvalue weighted by molar-refractivity contribution is 5.31. The van der Waals surface area contributed by atoms with Crippen LogP contribution in [0.3, 0.4) is 0 Å². The first-order chi connectivity index (χ1) is 11.2. The molecular weight excluding hydrogens is 294 g/mol. The van der Waals surface area contributed by atoms with Crippen molar-refractivity contribution in [2.45, 2.75) is 31.2 Å². The Balaban J connectivity index is 1.79. The van der Waals surface area contributed by atoms with Gasteiger partial charge in [0.15, 0.2) is 0 Å². The van der Waals surface area contributed by atoms with Gasteiger partial charge in [0, 0.05) is 25.6 Å². The maximum Gasteiger partial charge on any atom is 0.118 e. The van der Waals surface area contributed by atoms with E-state index in [0.717, 1.165) is 25.4 Å². The Hall–Kier alpha value is -1.14. The van der Waals surface area contributed by atoms with E-state index in [1.165, 1.54) is 5.56 Å². The molecule has 4 atom stereocenters. The molecule has 2 aliphatic heterocycles. The van der Waals surface area contributed by atoms with E-state index in [1.54, 1.807) is 7.11 Å². The minimum atomic E-state index is 0.114. The van der Waals surface area contributed by atoms with Crippen LogP contribution >= 0.6 is 0 Å². The predicted octanol–water partition coefficient (Wildman–Crippen LogP) is 1.91. The summed E-state index contributed by atoms with van der Waals surface area (Å²) in [5.74, 6) is 1.11. The summed E-state index contributed by atoms with van der Waals surface area (Å²) in [6, 6.07) is 8.28. The van der Waals surface area contributed by atoms with Crippen molar-refractivity contribution in [3.8, 4) is 5.75 Å². The number of likely N-dealkylation sites (N-methyl/N-ethyl adjacent to an activating group) is 1. The molecule has 3 unspecified atom stereocenters. The fraction of sp³-hybridized carbons (Fsp3) is 0.667. The zero-order valence-corrected chi connectivity index (χ0v) is 14.2. The molecule has 2 fully saturated rings. The van der Waals surface area contributed by atoms with Gasteiger partial charge in [-0.3, -0.25) is 0 Å². The first kappa shape index (κ1) is 16.7. The lowest BCUT2D eigenvalue weighted by molar-refractivity contribution is -0.0849. The quantitative estimate of drug-likeness (QED) is 0.718. The smallest absolute Gasteiger partial charge is 0.118 e.